The lowest BCUT2D eigenvalue weighted by Gasteiger charge is -2.32. The van der Waals surface area contributed by atoms with Gasteiger partial charge in [0, 0.05) is 50.6 Å². The molecule has 1 saturated carbocycles. The largest absolute Gasteiger partial charge is 0.368 e. The molecule has 3 fully saturated rings. The summed E-state index contributed by atoms with van der Waals surface area (Å²) in [4.78, 5) is 37.6. The number of aryl methyl sites for hydroxylation is 1. The number of ether oxygens (including phenoxy) is 1. The number of aromatic nitrogens is 3. The second kappa shape index (κ2) is 9.65. The summed E-state index contributed by atoms with van der Waals surface area (Å²) in [5.74, 6) is 1.76. The number of likely N-dealkylation sites (tertiary alicyclic amines) is 1. The molecule has 3 aromatic rings. The molecular weight excluding hydrogens is 454 g/mol. The zero-order chi connectivity index (χ0) is 24.6. The van der Waals surface area contributed by atoms with Crippen LogP contribution in [0.2, 0.25) is 0 Å². The minimum Gasteiger partial charge on any atom is -0.368 e. The highest BCUT2D eigenvalue weighted by atomic mass is 16.5. The third-order valence-electron chi connectivity index (χ3n) is 8.16. The van der Waals surface area contributed by atoms with Crippen molar-refractivity contribution >= 4 is 28.5 Å². The van der Waals surface area contributed by atoms with Crippen LogP contribution in [-0.2, 0) is 16.6 Å². The second-order valence-electron chi connectivity index (χ2n) is 10.4. The molecule has 8 heteroatoms. The maximum Gasteiger partial charge on any atom is 0.254 e. The number of rotatable bonds is 5. The second-order valence-corrected chi connectivity index (χ2v) is 10.4. The van der Waals surface area contributed by atoms with E-state index in [1.807, 2.05) is 36.5 Å². The van der Waals surface area contributed by atoms with Gasteiger partial charge in [-0.05, 0) is 74.3 Å². The van der Waals surface area contributed by atoms with E-state index in [1.165, 1.54) is 12.0 Å². The van der Waals surface area contributed by atoms with Crippen molar-refractivity contribution in [3.8, 4) is 0 Å². The molecular formula is C28H33N5O3. The zero-order valence-electron chi connectivity index (χ0n) is 20.8. The van der Waals surface area contributed by atoms with E-state index < -0.39 is 6.10 Å². The van der Waals surface area contributed by atoms with Gasteiger partial charge < -0.3 is 19.5 Å². The lowest BCUT2D eigenvalue weighted by Crippen LogP contribution is -2.38. The van der Waals surface area contributed by atoms with Crippen LogP contribution in [0.25, 0.3) is 11.0 Å². The summed E-state index contributed by atoms with van der Waals surface area (Å²) in [5.41, 5.74) is 4.14. The van der Waals surface area contributed by atoms with Gasteiger partial charge in [-0.3, -0.25) is 14.6 Å². The minimum atomic E-state index is -0.439. The molecule has 2 aliphatic heterocycles. The first-order valence-electron chi connectivity index (χ1n) is 13.2. The molecule has 3 aliphatic rings. The van der Waals surface area contributed by atoms with Crippen LogP contribution in [0.1, 0.15) is 78.5 Å². The van der Waals surface area contributed by atoms with E-state index in [1.54, 1.807) is 0 Å². The molecule has 36 heavy (non-hydrogen) atoms. The van der Waals surface area contributed by atoms with Crippen LogP contribution in [0.5, 0.6) is 0 Å². The van der Waals surface area contributed by atoms with E-state index in [-0.39, 0.29) is 11.8 Å². The lowest BCUT2D eigenvalue weighted by molar-refractivity contribution is -0.124. The number of piperidine rings is 1. The van der Waals surface area contributed by atoms with E-state index in [0.29, 0.717) is 42.8 Å². The predicted molar refractivity (Wildman–Crippen MR) is 137 cm³/mol. The average Bonchev–Trinajstić information content (AvgIpc) is 3.52. The molecule has 1 N–H and O–H groups in total. The fraction of sp³-hybridized carbons (Fsp3) is 0.500. The maximum atomic E-state index is 13.6. The van der Waals surface area contributed by atoms with Crippen molar-refractivity contribution in [2.24, 2.45) is 7.05 Å². The standard InChI is InChI=1S/C28H33N5O3/c1-32-25-22(30-26(32)20-4-2-5-20)16-21(17-23(25)31-27(34)24-6-3-15-36-24)28(35)33-13-9-19(10-14-33)18-7-11-29-12-8-18/h7-8,11-12,16-17,19-20,24H,2-6,9-10,13-15H2,1H3,(H,31,34)/t24-/m0/s1. The van der Waals surface area contributed by atoms with Gasteiger partial charge in [-0.1, -0.05) is 6.42 Å². The Morgan fingerprint density at radius 2 is 1.78 bits per heavy atom. The fourth-order valence-corrected chi connectivity index (χ4v) is 5.85. The molecule has 4 heterocycles. The molecule has 0 bridgehead atoms. The van der Waals surface area contributed by atoms with Crippen molar-refractivity contribution in [1.29, 1.82) is 0 Å². The summed E-state index contributed by atoms with van der Waals surface area (Å²) < 4.78 is 7.70. The smallest absolute Gasteiger partial charge is 0.254 e. The van der Waals surface area contributed by atoms with Crippen molar-refractivity contribution in [2.45, 2.75) is 62.9 Å². The number of carbonyl (C=O) groups excluding carboxylic acids is 2. The summed E-state index contributed by atoms with van der Waals surface area (Å²) in [5, 5.41) is 3.08. The Kier molecular flexibility index (Phi) is 6.21. The van der Waals surface area contributed by atoms with Gasteiger partial charge in [0.1, 0.15) is 11.9 Å². The molecule has 2 aromatic heterocycles. The van der Waals surface area contributed by atoms with Crippen molar-refractivity contribution in [3.05, 3.63) is 53.6 Å². The molecule has 2 amide bonds. The molecule has 0 unspecified atom stereocenters. The van der Waals surface area contributed by atoms with Crippen LogP contribution in [0, 0.1) is 0 Å². The van der Waals surface area contributed by atoms with Gasteiger partial charge in [-0.2, -0.15) is 0 Å². The number of anilines is 1. The van der Waals surface area contributed by atoms with Crippen molar-refractivity contribution in [2.75, 3.05) is 25.0 Å². The van der Waals surface area contributed by atoms with E-state index in [9.17, 15) is 9.59 Å². The Bertz CT molecular complexity index is 1270. The molecule has 188 valence electrons. The van der Waals surface area contributed by atoms with Crippen LogP contribution in [0.15, 0.2) is 36.7 Å². The first-order valence-corrected chi connectivity index (χ1v) is 13.2. The molecule has 6 rings (SSSR count). The highest BCUT2D eigenvalue weighted by Crippen LogP contribution is 2.39. The fourth-order valence-electron chi connectivity index (χ4n) is 5.85. The van der Waals surface area contributed by atoms with Crippen LogP contribution >= 0.6 is 0 Å². The number of pyridine rings is 1. The number of nitrogens with one attached hydrogen (secondary N) is 1. The highest BCUT2D eigenvalue weighted by molar-refractivity contribution is 6.06. The van der Waals surface area contributed by atoms with Gasteiger partial charge in [-0.25, -0.2) is 4.98 Å². The zero-order valence-corrected chi connectivity index (χ0v) is 20.8. The topological polar surface area (TPSA) is 89.4 Å². The van der Waals surface area contributed by atoms with Crippen LogP contribution in [-0.4, -0.2) is 57.0 Å². The third kappa shape index (κ3) is 4.28. The average molecular weight is 488 g/mol. The number of amides is 2. The van der Waals surface area contributed by atoms with E-state index >= 15 is 0 Å². The molecule has 1 aromatic carbocycles. The first kappa shape index (κ1) is 23.2. The van der Waals surface area contributed by atoms with Gasteiger partial charge >= 0.3 is 0 Å². The Labute approximate surface area is 211 Å². The number of nitrogens with zero attached hydrogens (tertiary/aromatic N) is 4. The summed E-state index contributed by atoms with van der Waals surface area (Å²) in [6, 6.07) is 7.87. The molecule has 1 aliphatic carbocycles. The van der Waals surface area contributed by atoms with Gasteiger partial charge in [0.25, 0.3) is 11.8 Å². The van der Waals surface area contributed by atoms with Gasteiger partial charge in [0.15, 0.2) is 0 Å². The van der Waals surface area contributed by atoms with Crippen molar-refractivity contribution in [3.63, 3.8) is 0 Å². The number of fused-ring (bicyclic) bond motifs is 1. The molecule has 0 spiro atoms. The maximum absolute atomic E-state index is 13.6. The molecule has 1 atom stereocenters. The van der Waals surface area contributed by atoms with Crippen LogP contribution in [0.3, 0.4) is 0 Å². The van der Waals surface area contributed by atoms with Crippen LogP contribution < -0.4 is 5.32 Å². The van der Waals surface area contributed by atoms with E-state index in [4.69, 9.17) is 9.72 Å². The van der Waals surface area contributed by atoms with Gasteiger partial charge in [0.2, 0.25) is 0 Å². The van der Waals surface area contributed by atoms with E-state index in [0.717, 1.165) is 55.4 Å². The minimum absolute atomic E-state index is 0.00598. The van der Waals surface area contributed by atoms with Gasteiger partial charge in [0.05, 0.1) is 16.7 Å². The Hall–Kier alpha value is -3.26. The first-order chi connectivity index (χ1) is 17.6. The summed E-state index contributed by atoms with van der Waals surface area (Å²) in [7, 11) is 2.01. The Morgan fingerprint density at radius 1 is 1.00 bits per heavy atom. The Balaban J connectivity index is 1.28. The van der Waals surface area contributed by atoms with Crippen molar-refractivity contribution in [1.82, 2.24) is 19.4 Å². The number of imidazole rings is 1. The molecule has 8 nitrogen and oxygen atoms in total. The quantitative estimate of drug-likeness (QED) is 0.577. The normalized spacial score (nSPS) is 21.0. The van der Waals surface area contributed by atoms with E-state index in [2.05, 4.69) is 27.0 Å². The lowest BCUT2D eigenvalue weighted by atomic mass is 9.85. The third-order valence-corrected chi connectivity index (χ3v) is 8.16. The van der Waals surface area contributed by atoms with Crippen LogP contribution in [0.4, 0.5) is 5.69 Å². The SMILES string of the molecule is Cn1c(C2CCC2)nc2cc(C(=O)N3CCC(c4ccncc4)CC3)cc(NC(=O)[C@@H]3CCCO3)c21. The summed E-state index contributed by atoms with van der Waals surface area (Å²) >= 11 is 0. The van der Waals surface area contributed by atoms with Gasteiger partial charge in [-0.15, -0.1) is 0 Å². The number of benzene rings is 1. The molecule has 0 radical (unpaired) electrons. The number of hydrogen-bond acceptors (Lipinski definition) is 5. The number of carbonyl (C=O) groups is 2. The summed E-state index contributed by atoms with van der Waals surface area (Å²) in [6.45, 7) is 2.02. The molecule has 2 saturated heterocycles. The Morgan fingerprint density at radius 3 is 2.44 bits per heavy atom. The summed E-state index contributed by atoms with van der Waals surface area (Å²) in [6.07, 6.45) is 10.2. The highest BCUT2D eigenvalue weighted by Gasteiger charge is 2.30. The predicted octanol–water partition coefficient (Wildman–Crippen LogP) is 4.37. The monoisotopic (exact) mass is 487 g/mol. The number of hydrogen-bond donors (Lipinski definition) is 1. The van der Waals surface area contributed by atoms with Crippen molar-refractivity contribution < 1.29 is 14.3 Å².